The molecular formula is C8H10N2O3S. The summed E-state index contributed by atoms with van der Waals surface area (Å²) in [6, 6.07) is -1.13. The topological polar surface area (TPSA) is 68.6 Å². The molecule has 1 rings (SSSR count). The summed E-state index contributed by atoms with van der Waals surface area (Å²) in [5.41, 5.74) is 0.362. The van der Waals surface area contributed by atoms with Gasteiger partial charge in [0.2, 0.25) is 6.04 Å². The lowest BCUT2D eigenvalue weighted by Crippen LogP contribution is -2.14. The quantitative estimate of drug-likeness (QED) is 0.566. The highest BCUT2D eigenvalue weighted by Crippen LogP contribution is 2.20. The number of hydrogen-bond acceptors (Lipinski definition) is 6. The zero-order chi connectivity index (χ0) is 10.6. The molecule has 1 atom stereocenters. The molecule has 0 aliphatic rings. The summed E-state index contributed by atoms with van der Waals surface area (Å²) in [6.45, 7) is 3.70. The van der Waals surface area contributed by atoms with Crippen LogP contribution in [0.5, 0.6) is 0 Å². The van der Waals surface area contributed by atoms with Gasteiger partial charge < -0.3 is 4.74 Å². The molecule has 0 spiro atoms. The second-order valence-electron chi connectivity index (χ2n) is 2.55. The van der Waals surface area contributed by atoms with Gasteiger partial charge in [-0.1, -0.05) is 0 Å². The number of carbonyl (C=O) groups is 1. The second kappa shape index (κ2) is 4.80. The molecule has 14 heavy (non-hydrogen) atoms. The molecular weight excluding hydrogens is 204 g/mol. The van der Waals surface area contributed by atoms with Gasteiger partial charge in [0, 0.05) is 5.38 Å². The number of aryl methyl sites for hydroxylation is 1. The Balaban J connectivity index is 2.81. The summed E-state index contributed by atoms with van der Waals surface area (Å²) >= 11 is 1.37. The Kier molecular flexibility index (Phi) is 3.70. The molecule has 0 aliphatic heterocycles. The van der Waals surface area contributed by atoms with Crippen molar-refractivity contribution in [3.63, 3.8) is 0 Å². The van der Waals surface area contributed by atoms with Gasteiger partial charge in [0.25, 0.3) is 0 Å². The van der Waals surface area contributed by atoms with Gasteiger partial charge in [-0.3, -0.25) is 0 Å². The number of hydrogen-bond donors (Lipinski definition) is 0. The average Bonchev–Trinajstić information content (AvgIpc) is 2.54. The highest BCUT2D eigenvalue weighted by molar-refractivity contribution is 7.09. The lowest BCUT2D eigenvalue weighted by Gasteiger charge is -2.04. The number of esters is 1. The van der Waals surface area contributed by atoms with E-state index < -0.39 is 12.0 Å². The Morgan fingerprint density at radius 1 is 1.79 bits per heavy atom. The maximum absolute atomic E-state index is 11.2. The van der Waals surface area contributed by atoms with E-state index in [-0.39, 0.29) is 6.61 Å². The van der Waals surface area contributed by atoms with Crippen LogP contribution in [0.3, 0.4) is 0 Å². The largest absolute Gasteiger partial charge is 0.464 e. The van der Waals surface area contributed by atoms with Crippen molar-refractivity contribution in [1.29, 1.82) is 0 Å². The molecule has 1 aromatic rings. The van der Waals surface area contributed by atoms with Gasteiger partial charge in [-0.15, -0.1) is 16.2 Å². The molecule has 0 saturated carbocycles. The van der Waals surface area contributed by atoms with E-state index in [0.717, 1.165) is 5.01 Å². The van der Waals surface area contributed by atoms with E-state index in [4.69, 9.17) is 4.74 Å². The van der Waals surface area contributed by atoms with Gasteiger partial charge in [-0.2, -0.15) is 0 Å². The predicted octanol–water partition coefficient (Wildman–Crippen LogP) is 1.82. The number of rotatable bonds is 4. The van der Waals surface area contributed by atoms with Crippen molar-refractivity contribution in [1.82, 2.24) is 4.98 Å². The number of thiazole rings is 1. The molecule has 0 fully saturated rings. The molecule has 0 bridgehead atoms. The summed E-state index contributed by atoms with van der Waals surface area (Å²) in [5, 5.41) is 5.14. The molecule has 76 valence electrons. The van der Waals surface area contributed by atoms with Crippen LogP contribution >= 0.6 is 11.3 Å². The fourth-order valence-corrected chi connectivity index (χ4v) is 1.58. The van der Waals surface area contributed by atoms with E-state index >= 15 is 0 Å². The summed E-state index contributed by atoms with van der Waals surface area (Å²) < 4.78 is 4.69. The Bertz CT molecular complexity index is 337. The summed E-state index contributed by atoms with van der Waals surface area (Å²) in [6.07, 6.45) is 0. The van der Waals surface area contributed by atoms with E-state index in [1.165, 1.54) is 11.3 Å². The molecule has 0 aliphatic carbocycles. The fraction of sp³-hybridized carbons (Fsp3) is 0.500. The lowest BCUT2D eigenvalue weighted by atomic mass is 10.2. The van der Waals surface area contributed by atoms with Crippen LogP contribution in [0.2, 0.25) is 0 Å². The second-order valence-corrected chi connectivity index (χ2v) is 3.61. The molecule has 1 heterocycles. The smallest absolute Gasteiger partial charge is 0.340 e. The summed E-state index contributed by atoms with van der Waals surface area (Å²) in [5.74, 6) is -0.646. The van der Waals surface area contributed by atoms with Gasteiger partial charge in [0.1, 0.15) is 0 Å². The van der Waals surface area contributed by atoms with Crippen molar-refractivity contribution in [3.8, 4) is 0 Å². The maximum Gasteiger partial charge on any atom is 0.340 e. The SMILES string of the molecule is CCOC(=O)C(N=O)c1csc(C)n1. The van der Waals surface area contributed by atoms with Crippen molar-refractivity contribution in [2.24, 2.45) is 5.18 Å². The van der Waals surface area contributed by atoms with Gasteiger partial charge in [-0.25, -0.2) is 9.78 Å². The van der Waals surface area contributed by atoms with Crippen molar-refractivity contribution < 1.29 is 9.53 Å². The first-order valence-corrected chi connectivity index (χ1v) is 4.98. The van der Waals surface area contributed by atoms with Gasteiger partial charge in [0.15, 0.2) is 0 Å². The number of nitroso groups, excluding NO2 is 1. The molecule has 1 aromatic heterocycles. The normalized spacial score (nSPS) is 12.1. The molecule has 0 aromatic carbocycles. The highest BCUT2D eigenvalue weighted by Gasteiger charge is 2.25. The van der Waals surface area contributed by atoms with Gasteiger partial charge >= 0.3 is 5.97 Å². The molecule has 0 N–H and O–H groups in total. The minimum absolute atomic E-state index is 0.230. The first kappa shape index (κ1) is 10.8. The zero-order valence-corrected chi connectivity index (χ0v) is 8.71. The van der Waals surface area contributed by atoms with Crippen LogP contribution in [0.4, 0.5) is 0 Å². The van der Waals surface area contributed by atoms with Gasteiger partial charge in [-0.05, 0) is 19.0 Å². The fourth-order valence-electron chi connectivity index (χ4n) is 0.945. The maximum atomic E-state index is 11.2. The van der Waals surface area contributed by atoms with Crippen LogP contribution in [0.25, 0.3) is 0 Å². The van der Waals surface area contributed by atoms with Crippen LogP contribution in [0, 0.1) is 11.8 Å². The minimum Gasteiger partial charge on any atom is -0.464 e. The third kappa shape index (κ3) is 2.35. The monoisotopic (exact) mass is 214 g/mol. The zero-order valence-electron chi connectivity index (χ0n) is 7.89. The van der Waals surface area contributed by atoms with Crippen molar-refractivity contribution >= 4 is 17.3 Å². The first-order valence-electron chi connectivity index (χ1n) is 4.10. The van der Waals surface area contributed by atoms with Crippen LogP contribution in [0.1, 0.15) is 23.7 Å². The predicted molar refractivity (Wildman–Crippen MR) is 52.0 cm³/mol. The lowest BCUT2D eigenvalue weighted by molar-refractivity contribution is -0.144. The van der Waals surface area contributed by atoms with Crippen molar-refractivity contribution in [3.05, 3.63) is 21.0 Å². The van der Waals surface area contributed by atoms with Crippen molar-refractivity contribution in [2.75, 3.05) is 6.61 Å². The standard InChI is InChI=1S/C8H10N2O3S/c1-3-13-8(11)7(10-12)6-4-14-5(2)9-6/h4,7H,3H2,1-2H3. The van der Waals surface area contributed by atoms with Crippen LogP contribution in [0.15, 0.2) is 10.6 Å². The summed E-state index contributed by atoms with van der Waals surface area (Å²) in [7, 11) is 0. The molecule has 1 unspecified atom stereocenters. The van der Waals surface area contributed by atoms with Crippen molar-refractivity contribution in [2.45, 2.75) is 19.9 Å². The van der Waals surface area contributed by atoms with Crippen LogP contribution < -0.4 is 0 Å². The van der Waals surface area contributed by atoms with E-state index in [1.54, 1.807) is 19.2 Å². The Labute approximate surface area is 85.1 Å². The Hall–Kier alpha value is -1.30. The number of aromatic nitrogens is 1. The Morgan fingerprint density at radius 3 is 2.93 bits per heavy atom. The molecule has 0 radical (unpaired) electrons. The third-order valence-electron chi connectivity index (χ3n) is 1.53. The first-order chi connectivity index (χ1) is 6.69. The Morgan fingerprint density at radius 2 is 2.50 bits per heavy atom. The molecule has 6 heteroatoms. The third-order valence-corrected chi connectivity index (χ3v) is 2.32. The molecule has 5 nitrogen and oxygen atoms in total. The van der Waals surface area contributed by atoms with E-state index in [9.17, 15) is 9.70 Å². The van der Waals surface area contributed by atoms with E-state index in [2.05, 4.69) is 10.2 Å². The van der Waals surface area contributed by atoms with Crippen LogP contribution in [-0.2, 0) is 9.53 Å². The molecule has 0 saturated heterocycles. The van der Waals surface area contributed by atoms with Gasteiger partial charge in [0.05, 0.1) is 17.3 Å². The van der Waals surface area contributed by atoms with E-state index in [0.29, 0.717) is 5.69 Å². The highest BCUT2D eigenvalue weighted by atomic mass is 32.1. The average molecular weight is 214 g/mol. The molecule has 0 amide bonds. The van der Waals surface area contributed by atoms with E-state index in [1.807, 2.05) is 0 Å². The number of nitrogens with zero attached hydrogens (tertiary/aromatic N) is 2. The van der Waals surface area contributed by atoms with Crippen LogP contribution in [-0.4, -0.2) is 17.6 Å². The summed E-state index contributed by atoms with van der Waals surface area (Å²) in [4.78, 5) is 25.7. The minimum atomic E-state index is -1.13. The number of ether oxygens (including phenoxy) is 1. The number of carbonyl (C=O) groups excluding carboxylic acids is 1.